The lowest BCUT2D eigenvalue weighted by molar-refractivity contribution is -0.149. The monoisotopic (exact) mass is 310 g/mol. The maximum Gasteiger partial charge on any atom is 0.406 e. The summed E-state index contributed by atoms with van der Waals surface area (Å²) in [6.45, 7) is 3.45. The van der Waals surface area contributed by atoms with Crippen LogP contribution in [0.4, 0.5) is 18.0 Å². The number of carboxylic acids is 1. The molecule has 1 aliphatic heterocycles. The fourth-order valence-electron chi connectivity index (χ4n) is 2.61. The summed E-state index contributed by atoms with van der Waals surface area (Å²) in [5.41, 5.74) is 0. The normalized spacial score (nSPS) is 23.3. The lowest BCUT2D eigenvalue weighted by atomic mass is 9.91. The molecule has 5 nitrogen and oxygen atoms in total. The molecule has 2 atom stereocenters. The number of amides is 2. The van der Waals surface area contributed by atoms with E-state index in [0.717, 1.165) is 4.90 Å². The molecule has 21 heavy (non-hydrogen) atoms. The van der Waals surface area contributed by atoms with Gasteiger partial charge < -0.3 is 14.9 Å². The van der Waals surface area contributed by atoms with Crippen LogP contribution < -0.4 is 0 Å². The minimum atomic E-state index is -4.51. The maximum atomic E-state index is 12.6. The van der Waals surface area contributed by atoms with Gasteiger partial charge in [-0.25, -0.2) is 9.59 Å². The molecule has 1 heterocycles. The Morgan fingerprint density at radius 3 is 2.38 bits per heavy atom. The number of carbonyl (C=O) groups excluding carboxylic acids is 1. The first-order valence-electron chi connectivity index (χ1n) is 6.91. The second-order valence-corrected chi connectivity index (χ2v) is 5.72. The Balaban J connectivity index is 2.98. The summed E-state index contributed by atoms with van der Waals surface area (Å²) in [5, 5.41) is 9.25. The van der Waals surface area contributed by atoms with E-state index in [1.807, 2.05) is 0 Å². The summed E-state index contributed by atoms with van der Waals surface area (Å²) < 4.78 is 37.8. The van der Waals surface area contributed by atoms with Crippen molar-refractivity contribution in [3.05, 3.63) is 0 Å². The van der Waals surface area contributed by atoms with E-state index in [0.29, 0.717) is 17.7 Å². The van der Waals surface area contributed by atoms with E-state index in [-0.39, 0.29) is 12.5 Å². The standard InChI is InChI=1S/C13H21F3N2O3/c1-8(2)18(7-13(14,15)16)12(21)17-6-4-5-9(3)10(17)11(19)20/h8-10H,4-7H2,1-3H3,(H,19,20). The first kappa shape index (κ1) is 17.6. The number of hydrogen-bond donors (Lipinski definition) is 1. The minimum Gasteiger partial charge on any atom is -0.480 e. The van der Waals surface area contributed by atoms with Crippen molar-refractivity contribution in [1.82, 2.24) is 9.80 Å². The summed E-state index contributed by atoms with van der Waals surface area (Å²) in [7, 11) is 0. The van der Waals surface area contributed by atoms with Crippen molar-refractivity contribution in [3.63, 3.8) is 0 Å². The van der Waals surface area contributed by atoms with Crippen molar-refractivity contribution in [3.8, 4) is 0 Å². The predicted molar refractivity (Wildman–Crippen MR) is 69.8 cm³/mol. The maximum absolute atomic E-state index is 12.6. The zero-order valence-electron chi connectivity index (χ0n) is 12.4. The van der Waals surface area contributed by atoms with Crippen molar-refractivity contribution in [1.29, 1.82) is 0 Å². The molecule has 0 aromatic carbocycles. The number of hydrogen-bond acceptors (Lipinski definition) is 2. The van der Waals surface area contributed by atoms with E-state index < -0.39 is 36.8 Å². The highest BCUT2D eigenvalue weighted by atomic mass is 19.4. The molecule has 1 rings (SSSR count). The molecule has 1 aliphatic rings. The molecule has 1 N–H and O–H groups in total. The van der Waals surface area contributed by atoms with Crippen LogP contribution in [0.15, 0.2) is 0 Å². The van der Waals surface area contributed by atoms with Crippen molar-refractivity contribution in [2.45, 2.75) is 51.9 Å². The molecule has 0 bridgehead atoms. The highest BCUT2D eigenvalue weighted by molar-refractivity contribution is 5.83. The highest BCUT2D eigenvalue weighted by Crippen LogP contribution is 2.26. The summed E-state index contributed by atoms with van der Waals surface area (Å²) in [4.78, 5) is 25.4. The Morgan fingerprint density at radius 2 is 1.95 bits per heavy atom. The van der Waals surface area contributed by atoms with Gasteiger partial charge in [-0.2, -0.15) is 13.2 Å². The van der Waals surface area contributed by atoms with Gasteiger partial charge in [0, 0.05) is 12.6 Å². The average molecular weight is 310 g/mol. The van der Waals surface area contributed by atoms with Crippen LogP contribution in [0.2, 0.25) is 0 Å². The molecule has 122 valence electrons. The van der Waals surface area contributed by atoms with Crippen molar-refractivity contribution < 1.29 is 27.9 Å². The van der Waals surface area contributed by atoms with E-state index in [9.17, 15) is 27.9 Å². The van der Waals surface area contributed by atoms with Crippen LogP contribution in [0.25, 0.3) is 0 Å². The number of alkyl halides is 3. The van der Waals surface area contributed by atoms with Gasteiger partial charge in [0.05, 0.1) is 0 Å². The van der Waals surface area contributed by atoms with E-state index in [1.165, 1.54) is 13.8 Å². The van der Waals surface area contributed by atoms with E-state index in [1.54, 1.807) is 6.92 Å². The van der Waals surface area contributed by atoms with Gasteiger partial charge in [-0.15, -0.1) is 0 Å². The zero-order chi connectivity index (χ0) is 16.4. The first-order valence-corrected chi connectivity index (χ1v) is 6.91. The predicted octanol–water partition coefficient (Wildman–Crippen LogP) is 2.56. The number of nitrogens with zero attached hydrogens (tertiary/aromatic N) is 2. The number of aliphatic carboxylic acids is 1. The van der Waals surface area contributed by atoms with Gasteiger partial charge in [-0.05, 0) is 32.6 Å². The van der Waals surface area contributed by atoms with Crippen LogP contribution in [-0.2, 0) is 4.79 Å². The van der Waals surface area contributed by atoms with Gasteiger partial charge in [0.2, 0.25) is 0 Å². The number of piperidine rings is 1. The van der Waals surface area contributed by atoms with Crippen LogP contribution >= 0.6 is 0 Å². The number of carboxylic acid groups (broad SMARTS) is 1. The lowest BCUT2D eigenvalue weighted by Gasteiger charge is -2.41. The average Bonchev–Trinajstić information content (AvgIpc) is 2.33. The summed E-state index contributed by atoms with van der Waals surface area (Å²) in [6, 6.07) is -2.59. The van der Waals surface area contributed by atoms with E-state index >= 15 is 0 Å². The van der Waals surface area contributed by atoms with E-state index in [2.05, 4.69) is 0 Å². The molecule has 2 unspecified atom stereocenters. The summed E-state index contributed by atoms with van der Waals surface area (Å²) in [6.07, 6.45) is -3.28. The molecular formula is C13H21F3N2O3. The fraction of sp³-hybridized carbons (Fsp3) is 0.846. The summed E-state index contributed by atoms with van der Waals surface area (Å²) in [5.74, 6) is -1.45. The lowest BCUT2D eigenvalue weighted by Crippen LogP contribution is -2.58. The van der Waals surface area contributed by atoms with Crippen molar-refractivity contribution >= 4 is 12.0 Å². The van der Waals surface area contributed by atoms with Crippen LogP contribution in [-0.4, -0.2) is 58.3 Å². The smallest absolute Gasteiger partial charge is 0.406 e. The molecule has 0 saturated carbocycles. The molecular weight excluding hydrogens is 289 g/mol. The SMILES string of the molecule is CC1CCCN(C(=O)N(CC(F)(F)F)C(C)C)C1C(=O)O. The van der Waals surface area contributed by atoms with Gasteiger partial charge in [0.1, 0.15) is 12.6 Å². The Labute approximate surface area is 121 Å². The molecule has 1 saturated heterocycles. The molecule has 0 spiro atoms. The Hall–Kier alpha value is -1.47. The topological polar surface area (TPSA) is 60.9 Å². The third kappa shape index (κ3) is 4.50. The van der Waals surface area contributed by atoms with Crippen LogP contribution in [0.3, 0.4) is 0 Å². The number of urea groups is 1. The number of carbonyl (C=O) groups is 2. The van der Waals surface area contributed by atoms with Crippen molar-refractivity contribution in [2.24, 2.45) is 5.92 Å². The second kappa shape index (κ2) is 6.53. The molecule has 8 heteroatoms. The third-order valence-electron chi connectivity index (χ3n) is 3.65. The summed E-state index contributed by atoms with van der Waals surface area (Å²) >= 11 is 0. The van der Waals surface area contributed by atoms with Gasteiger partial charge in [-0.3, -0.25) is 0 Å². The van der Waals surface area contributed by atoms with Crippen LogP contribution in [0.5, 0.6) is 0 Å². The fourth-order valence-corrected chi connectivity index (χ4v) is 2.61. The Morgan fingerprint density at radius 1 is 1.38 bits per heavy atom. The number of halogens is 3. The van der Waals surface area contributed by atoms with Crippen LogP contribution in [0.1, 0.15) is 33.6 Å². The number of likely N-dealkylation sites (tertiary alicyclic amines) is 1. The minimum absolute atomic E-state index is 0.168. The molecule has 1 fully saturated rings. The third-order valence-corrected chi connectivity index (χ3v) is 3.65. The van der Waals surface area contributed by atoms with Crippen LogP contribution in [0, 0.1) is 5.92 Å². The quantitative estimate of drug-likeness (QED) is 0.871. The van der Waals surface area contributed by atoms with Gasteiger partial charge in [-0.1, -0.05) is 6.92 Å². The molecule has 0 aliphatic carbocycles. The Bertz CT molecular complexity index is 399. The van der Waals surface area contributed by atoms with Gasteiger partial charge in [0.15, 0.2) is 0 Å². The molecule has 0 radical (unpaired) electrons. The van der Waals surface area contributed by atoms with Gasteiger partial charge in [0.25, 0.3) is 0 Å². The number of rotatable bonds is 3. The zero-order valence-corrected chi connectivity index (χ0v) is 12.4. The van der Waals surface area contributed by atoms with E-state index in [4.69, 9.17) is 0 Å². The first-order chi connectivity index (χ1) is 9.54. The molecule has 0 aromatic heterocycles. The molecule has 2 amide bonds. The molecule has 0 aromatic rings. The Kier molecular flexibility index (Phi) is 5.47. The highest BCUT2D eigenvalue weighted by Gasteiger charge is 2.42. The second-order valence-electron chi connectivity index (χ2n) is 5.72. The largest absolute Gasteiger partial charge is 0.480 e. The van der Waals surface area contributed by atoms with Crippen molar-refractivity contribution in [2.75, 3.05) is 13.1 Å². The van der Waals surface area contributed by atoms with Gasteiger partial charge >= 0.3 is 18.2 Å².